The Kier molecular flexibility index (Phi) is 6.58. The average molecular weight is 656 g/mol. The molecule has 10 rings (SSSR count). The molecular weight excluding hydrogens is 623 g/mol. The third-order valence-electron chi connectivity index (χ3n) is 10.2. The molecule has 3 heterocycles. The quantitative estimate of drug-likeness (QED) is 0.146. The van der Waals surface area contributed by atoms with Gasteiger partial charge in [-0.05, 0) is 89.3 Å². The van der Waals surface area contributed by atoms with E-state index in [2.05, 4.69) is 157 Å². The Morgan fingerprint density at radius 3 is 1.84 bits per heavy atom. The topological polar surface area (TPSA) is 46.9 Å². The van der Waals surface area contributed by atoms with Gasteiger partial charge >= 0.3 is 0 Å². The van der Waals surface area contributed by atoms with Crippen molar-refractivity contribution in [1.82, 2.24) is 9.13 Å². The molecular formula is C47H33N3O. The van der Waals surface area contributed by atoms with Gasteiger partial charge in [0.15, 0.2) is 0 Å². The van der Waals surface area contributed by atoms with Gasteiger partial charge in [-0.2, -0.15) is 0 Å². The van der Waals surface area contributed by atoms with E-state index in [1.807, 2.05) is 22.8 Å². The smallest absolute Gasteiger partial charge is 0.145 e. The molecule has 0 aliphatic rings. The lowest BCUT2D eigenvalue weighted by molar-refractivity contribution is 0.677. The minimum atomic E-state index is 0.443. The van der Waals surface area contributed by atoms with Crippen molar-refractivity contribution in [2.24, 2.45) is 0 Å². The summed E-state index contributed by atoms with van der Waals surface area (Å²) in [5.41, 5.74) is 11.8. The molecule has 0 aliphatic carbocycles. The van der Waals surface area contributed by atoms with E-state index in [1.165, 1.54) is 22.3 Å². The van der Waals surface area contributed by atoms with E-state index in [1.54, 1.807) is 0 Å². The molecule has 10 aromatic rings. The van der Waals surface area contributed by atoms with Crippen LogP contribution in [-0.4, -0.2) is 15.0 Å². The van der Waals surface area contributed by atoms with Crippen LogP contribution in [0.2, 0.25) is 0 Å². The second-order valence-electron chi connectivity index (χ2n) is 13.2. The molecule has 0 saturated heterocycles. The molecule has 242 valence electrons. The molecule has 7 aromatic carbocycles. The molecule has 0 bridgehead atoms. The predicted octanol–water partition coefficient (Wildman–Crippen LogP) is 12.9. The first-order valence-electron chi connectivity index (χ1n) is 17.5. The normalized spacial score (nSPS) is 12.1. The summed E-state index contributed by atoms with van der Waals surface area (Å²) in [6.45, 7) is 2.09. The molecule has 0 saturated carbocycles. The molecule has 0 unspecified atom stereocenters. The predicted molar refractivity (Wildman–Crippen MR) is 214 cm³/mol. The van der Waals surface area contributed by atoms with Crippen LogP contribution in [0, 0.1) is 5.41 Å². The second-order valence-corrected chi connectivity index (χ2v) is 13.2. The van der Waals surface area contributed by atoms with Crippen LogP contribution in [0.1, 0.15) is 13.3 Å². The number of fused-ring (bicyclic) bond motifs is 11. The second kappa shape index (κ2) is 11.5. The fourth-order valence-electron chi connectivity index (χ4n) is 7.97. The Morgan fingerprint density at radius 1 is 0.529 bits per heavy atom. The van der Waals surface area contributed by atoms with Crippen LogP contribution in [0.3, 0.4) is 0 Å². The average Bonchev–Trinajstić information content (AvgIpc) is 3.85. The number of nitrogens with one attached hydrogen (secondary N) is 1. The Morgan fingerprint density at radius 2 is 1.10 bits per heavy atom. The number of para-hydroxylation sites is 2. The highest BCUT2D eigenvalue weighted by atomic mass is 16.3. The van der Waals surface area contributed by atoms with Crippen molar-refractivity contribution in [3.05, 3.63) is 164 Å². The SMILES string of the molecule is CC/C=C\C(=N)n1c2ccccc2c2c3oc4c(ccc5c4c4ccccc4n5-c4cccc(-c5cccc(-c6ccccc6)c5)c4)c3ccc21. The summed E-state index contributed by atoms with van der Waals surface area (Å²) < 4.78 is 11.5. The summed E-state index contributed by atoms with van der Waals surface area (Å²) in [6.07, 6.45) is 4.80. The zero-order valence-electron chi connectivity index (χ0n) is 28.1. The summed E-state index contributed by atoms with van der Waals surface area (Å²) in [4.78, 5) is 0. The molecule has 1 N–H and O–H groups in total. The van der Waals surface area contributed by atoms with Gasteiger partial charge in [-0.3, -0.25) is 9.98 Å². The molecule has 0 radical (unpaired) electrons. The van der Waals surface area contributed by atoms with Gasteiger partial charge in [-0.15, -0.1) is 0 Å². The standard InChI is InChI=1S/C47H33N3O/c1-2-3-23-43(48)50-40-22-10-8-20-38(40)45-42(50)27-25-36-35-24-26-41-44(46(35)51-47(36)45)37-19-7-9-21-39(37)49(41)34-18-12-17-33(29-34)32-16-11-15-31(28-32)30-13-5-4-6-14-30/h3-29,48H,2H2,1H3/b23-3-,48-43?. The summed E-state index contributed by atoms with van der Waals surface area (Å²) >= 11 is 0. The van der Waals surface area contributed by atoms with Crippen molar-refractivity contribution in [3.63, 3.8) is 0 Å². The van der Waals surface area contributed by atoms with Gasteiger partial charge in [0.1, 0.15) is 17.0 Å². The number of allylic oxidation sites excluding steroid dienone is 2. The van der Waals surface area contributed by atoms with E-state index in [-0.39, 0.29) is 0 Å². The third kappa shape index (κ3) is 4.43. The summed E-state index contributed by atoms with van der Waals surface area (Å²) in [6, 6.07) is 53.9. The molecule has 4 nitrogen and oxygen atoms in total. The Labute approximate surface area is 294 Å². The van der Waals surface area contributed by atoms with Gasteiger partial charge in [0.05, 0.1) is 32.8 Å². The molecule has 4 heteroatoms. The number of furan rings is 1. The lowest BCUT2D eigenvalue weighted by Gasteiger charge is -2.11. The molecule has 0 amide bonds. The van der Waals surface area contributed by atoms with Gasteiger partial charge in [-0.25, -0.2) is 0 Å². The maximum Gasteiger partial charge on any atom is 0.145 e. The van der Waals surface area contributed by atoms with Crippen molar-refractivity contribution in [3.8, 4) is 27.9 Å². The van der Waals surface area contributed by atoms with Crippen LogP contribution < -0.4 is 0 Å². The van der Waals surface area contributed by atoms with Crippen LogP contribution in [0.4, 0.5) is 0 Å². The number of benzene rings is 7. The molecule has 0 spiro atoms. The van der Waals surface area contributed by atoms with Crippen molar-refractivity contribution in [2.45, 2.75) is 13.3 Å². The van der Waals surface area contributed by atoms with E-state index in [4.69, 9.17) is 9.83 Å². The first-order chi connectivity index (χ1) is 25.2. The highest BCUT2D eigenvalue weighted by Gasteiger charge is 2.22. The highest BCUT2D eigenvalue weighted by Crippen LogP contribution is 2.44. The van der Waals surface area contributed by atoms with E-state index in [0.29, 0.717) is 5.84 Å². The lowest BCUT2D eigenvalue weighted by atomic mass is 9.99. The lowest BCUT2D eigenvalue weighted by Crippen LogP contribution is -2.06. The number of hydrogen-bond acceptors (Lipinski definition) is 2. The molecule has 3 aromatic heterocycles. The van der Waals surface area contributed by atoms with Crippen LogP contribution in [0.25, 0.3) is 93.5 Å². The minimum Gasteiger partial charge on any atom is -0.455 e. The maximum atomic E-state index is 8.97. The Hall–Kier alpha value is -6.65. The summed E-state index contributed by atoms with van der Waals surface area (Å²) in [5, 5.41) is 15.5. The number of nitrogens with zero attached hydrogens (tertiary/aromatic N) is 2. The van der Waals surface area contributed by atoms with Crippen LogP contribution >= 0.6 is 0 Å². The van der Waals surface area contributed by atoms with E-state index >= 15 is 0 Å². The molecule has 0 fully saturated rings. The van der Waals surface area contributed by atoms with E-state index < -0.39 is 0 Å². The van der Waals surface area contributed by atoms with Crippen LogP contribution in [0.5, 0.6) is 0 Å². The number of hydrogen-bond donors (Lipinski definition) is 1. The zero-order chi connectivity index (χ0) is 34.1. The highest BCUT2D eigenvalue weighted by molar-refractivity contribution is 6.30. The first kappa shape index (κ1) is 29.3. The fraction of sp³-hybridized carbons (Fsp3) is 0.0426. The van der Waals surface area contributed by atoms with Crippen molar-refractivity contribution in [2.75, 3.05) is 0 Å². The minimum absolute atomic E-state index is 0.443. The monoisotopic (exact) mass is 655 g/mol. The fourth-order valence-corrected chi connectivity index (χ4v) is 7.97. The third-order valence-corrected chi connectivity index (χ3v) is 10.2. The number of rotatable bonds is 5. The van der Waals surface area contributed by atoms with E-state index in [9.17, 15) is 0 Å². The Balaban J connectivity index is 1.21. The summed E-state index contributed by atoms with van der Waals surface area (Å²) in [7, 11) is 0. The molecule has 0 aliphatic heterocycles. The summed E-state index contributed by atoms with van der Waals surface area (Å²) in [5.74, 6) is 0.443. The zero-order valence-corrected chi connectivity index (χ0v) is 28.1. The van der Waals surface area contributed by atoms with Gasteiger partial charge in [0, 0.05) is 27.2 Å². The Bertz CT molecular complexity index is 3030. The van der Waals surface area contributed by atoms with Crippen molar-refractivity contribution in [1.29, 1.82) is 5.41 Å². The van der Waals surface area contributed by atoms with Gasteiger partial charge in [-0.1, -0.05) is 110 Å². The largest absolute Gasteiger partial charge is 0.455 e. The van der Waals surface area contributed by atoms with Crippen LogP contribution in [0.15, 0.2) is 168 Å². The van der Waals surface area contributed by atoms with Gasteiger partial charge in [0.25, 0.3) is 0 Å². The number of aromatic nitrogens is 2. The molecule has 0 atom stereocenters. The van der Waals surface area contributed by atoms with Crippen molar-refractivity contribution >= 4 is 71.4 Å². The first-order valence-corrected chi connectivity index (χ1v) is 17.5. The van der Waals surface area contributed by atoms with Crippen molar-refractivity contribution < 1.29 is 4.42 Å². The van der Waals surface area contributed by atoms with E-state index in [0.717, 1.165) is 77.7 Å². The van der Waals surface area contributed by atoms with Gasteiger partial charge < -0.3 is 8.98 Å². The van der Waals surface area contributed by atoms with Gasteiger partial charge in [0.2, 0.25) is 0 Å². The van der Waals surface area contributed by atoms with Crippen LogP contribution in [-0.2, 0) is 0 Å². The maximum absolute atomic E-state index is 8.97. The molecule has 51 heavy (non-hydrogen) atoms.